The second kappa shape index (κ2) is 5.35. The van der Waals surface area contributed by atoms with E-state index in [4.69, 9.17) is 0 Å². The van der Waals surface area contributed by atoms with Crippen LogP contribution in [0.2, 0.25) is 0 Å². The number of carbonyl (C=O) groups excluding carboxylic acids is 1. The molecule has 0 aliphatic heterocycles. The van der Waals surface area contributed by atoms with Gasteiger partial charge in [0.05, 0.1) is 12.7 Å². The molecule has 0 aromatic carbocycles. The molecule has 0 radical (unpaired) electrons. The SMILES string of the molecule is C=COC(=O)CC(Br)C(C)C. The van der Waals surface area contributed by atoms with Crippen molar-refractivity contribution in [1.82, 2.24) is 0 Å². The first-order valence-electron chi connectivity index (χ1n) is 3.52. The van der Waals surface area contributed by atoms with Crippen LogP contribution in [-0.2, 0) is 9.53 Å². The van der Waals surface area contributed by atoms with Gasteiger partial charge in [-0.05, 0) is 5.92 Å². The van der Waals surface area contributed by atoms with Crippen molar-refractivity contribution >= 4 is 21.9 Å². The van der Waals surface area contributed by atoms with E-state index in [9.17, 15) is 4.79 Å². The van der Waals surface area contributed by atoms with E-state index in [0.717, 1.165) is 6.26 Å². The third-order valence-corrected chi connectivity index (χ3v) is 2.68. The number of ether oxygens (including phenoxy) is 1. The average Bonchev–Trinajstić information content (AvgIpc) is 1.87. The van der Waals surface area contributed by atoms with Gasteiger partial charge in [-0.2, -0.15) is 0 Å². The minimum Gasteiger partial charge on any atom is -0.435 e. The topological polar surface area (TPSA) is 26.3 Å². The van der Waals surface area contributed by atoms with Crippen LogP contribution in [0.4, 0.5) is 0 Å². The van der Waals surface area contributed by atoms with Gasteiger partial charge in [-0.3, -0.25) is 4.79 Å². The second-order valence-electron chi connectivity index (χ2n) is 2.62. The Morgan fingerprint density at radius 2 is 2.27 bits per heavy atom. The minimum atomic E-state index is -0.240. The van der Waals surface area contributed by atoms with Gasteiger partial charge in [0, 0.05) is 4.83 Å². The van der Waals surface area contributed by atoms with Crippen LogP contribution in [0.15, 0.2) is 12.8 Å². The summed E-state index contributed by atoms with van der Waals surface area (Å²) in [6.07, 6.45) is 1.55. The first-order chi connectivity index (χ1) is 5.07. The Hall–Kier alpha value is -0.310. The van der Waals surface area contributed by atoms with Crippen molar-refractivity contribution in [2.75, 3.05) is 0 Å². The summed E-state index contributed by atoms with van der Waals surface area (Å²) in [5, 5.41) is 0. The molecular weight excluding hydrogens is 208 g/mol. The smallest absolute Gasteiger partial charge is 0.311 e. The number of hydrogen-bond donors (Lipinski definition) is 0. The lowest BCUT2D eigenvalue weighted by Gasteiger charge is -2.10. The lowest BCUT2D eigenvalue weighted by Crippen LogP contribution is -2.13. The fraction of sp³-hybridized carbons (Fsp3) is 0.625. The highest BCUT2D eigenvalue weighted by atomic mass is 79.9. The van der Waals surface area contributed by atoms with Gasteiger partial charge < -0.3 is 4.74 Å². The zero-order valence-corrected chi connectivity index (χ0v) is 8.43. The summed E-state index contributed by atoms with van der Waals surface area (Å²) in [5.74, 6) is 0.197. The molecule has 0 saturated carbocycles. The van der Waals surface area contributed by atoms with Crippen LogP contribution in [0, 0.1) is 5.92 Å². The van der Waals surface area contributed by atoms with Crippen LogP contribution in [0.3, 0.4) is 0 Å². The van der Waals surface area contributed by atoms with Gasteiger partial charge in [-0.1, -0.05) is 36.4 Å². The Bertz CT molecular complexity index is 143. The summed E-state index contributed by atoms with van der Waals surface area (Å²) >= 11 is 3.38. The lowest BCUT2D eigenvalue weighted by molar-refractivity contribution is -0.138. The zero-order valence-electron chi connectivity index (χ0n) is 6.84. The fourth-order valence-corrected chi connectivity index (χ4v) is 0.800. The Labute approximate surface area is 75.7 Å². The predicted octanol–water partition coefficient (Wildman–Crippen LogP) is 2.48. The molecule has 0 bridgehead atoms. The molecule has 11 heavy (non-hydrogen) atoms. The molecule has 0 aromatic rings. The monoisotopic (exact) mass is 220 g/mol. The molecule has 0 amide bonds. The van der Waals surface area contributed by atoms with Gasteiger partial charge in [-0.15, -0.1) is 0 Å². The molecule has 64 valence electrons. The maximum absolute atomic E-state index is 10.8. The number of rotatable bonds is 4. The number of alkyl halides is 1. The van der Waals surface area contributed by atoms with Gasteiger partial charge in [-0.25, -0.2) is 0 Å². The average molecular weight is 221 g/mol. The summed E-state index contributed by atoms with van der Waals surface area (Å²) in [6, 6.07) is 0. The molecule has 0 saturated heterocycles. The highest BCUT2D eigenvalue weighted by Crippen LogP contribution is 2.16. The molecule has 0 N–H and O–H groups in total. The third-order valence-electron chi connectivity index (χ3n) is 1.30. The first-order valence-corrected chi connectivity index (χ1v) is 4.44. The van der Waals surface area contributed by atoms with Gasteiger partial charge >= 0.3 is 5.97 Å². The van der Waals surface area contributed by atoms with Crippen molar-refractivity contribution < 1.29 is 9.53 Å². The summed E-state index contributed by atoms with van der Waals surface area (Å²) in [7, 11) is 0. The van der Waals surface area contributed by atoms with E-state index in [1.54, 1.807) is 0 Å². The summed E-state index contributed by atoms with van der Waals surface area (Å²) < 4.78 is 4.56. The van der Waals surface area contributed by atoms with Crippen molar-refractivity contribution in [1.29, 1.82) is 0 Å². The first kappa shape index (κ1) is 10.7. The standard InChI is InChI=1S/C8H13BrO2/c1-4-11-8(10)5-7(9)6(2)3/h4,6-7H,1,5H2,2-3H3. The fourth-order valence-electron chi connectivity index (χ4n) is 0.536. The van der Waals surface area contributed by atoms with Crippen molar-refractivity contribution in [2.45, 2.75) is 25.1 Å². The Morgan fingerprint density at radius 1 is 1.73 bits per heavy atom. The van der Waals surface area contributed by atoms with Gasteiger partial charge in [0.2, 0.25) is 0 Å². The van der Waals surface area contributed by atoms with E-state index in [-0.39, 0.29) is 10.8 Å². The Morgan fingerprint density at radius 3 is 2.64 bits per heavy atom. The van der Waals surface area contributed by atoms with Crippen molar-refractivity contribution in [3.05, 3.63) is 12.8 Å². The molecule has 0 fully saturated rings. The number of halogens is 1. The van der Waals surface area contributed by atoms with E-state index >= 15 is 0 Å². The second-order valence-corrected chi connectivity index (χ2v) is 3.80. The molecule has 0 rings (SSSR count). The maximum Gasteiger partial charge on any atom is 0.311 e. The molecular formula is C8H13BrO2. The third kappa shape index (κ3) is 5.01. The predicted molar refractivity (Wildman–Crippen MR) is 48.5 cm³/mol. The van der Waals surface area contributed by atoms with E-state index in [1.165, 1.54) is 0 Å². The Kier molecular flexibility index (Phi) is 5.20. The molecule has 3 heteroatoms. The van der Waals surface area contributed by atoms with Crippen LogP contribution in [0.5, 0.6) is 0 Å². The van der Waals surface area contributed by atoms with Crippen molar-refractivity contribution in [2.24, 2.45) is 5.92 Å². The van der Waals surface area contributed by atoms with Crippen LogP contribution >= 0.6 is 15.9 Å². The number of carbonyl (C=O) groups is 1. The maximum atomic E-state index is 10.8. The van der Waals surface area contributed by atoms with Crippen molar-refractivity contribution in [3.8, 4) is 0 Å². The van der Waals surface area contributed by atoms with Gasteiger partial charge in [0.15, 0.2) is 0 Å². The molecule has 1 atom stereocenters. The quantitative estimate of drug-likeness (QED) is 0.414. The molecule has 0 aliphatic rings. The molecule has 0 aliphatic carbocycles. The Balaban J connectivity index is 3.65. The summed E-state index contributed by atoms with van der Waals surface area (Å²) in [6.45, 7) is 7.38. The highest BCUT2D eigenvalue weighted by Gasteiger charge is 2.14. The van der Waals surface area contributed by atoms with Gasteiger partial charge in [0.25, 0.3) is 0 Å². The van der Waals surface area contributed by atoms with Crippen LogP contribution in [0.25, 0.3) is 0 Å². The zero-order chi connectivity index (χ0) is 8.85. The van der Waals surface area contributed by atoms with Crippen LogP contribution < -0.4 is 0 Å². The number of esters is 1. The summed E-state index contributed by atoms with van der Waals surface area (Å²) in [4.78, 5) is 11.0. The van der Waals surface area contributed by atoms with Crippen molar-refractivity contribution in [3.63, 3.8) is 0 Å². The molecule has 2 nitrogen and oxygen atoms in total. The van der Waals surface area contributed by atoms with Gasteiger partial charge in [0.1, 0.15) is 0 Å². The molecule has 1 unspecified atom stereocenters. The minimum absolute atomic E-state index is 0.190. The van der Waals surface area contributed by atoms with E-state index in [0.29, 0.717) is 12.3 Å². The summed E-state index contributed by atoms with van der Waals surface area (Å²) in [5.41, 5.74) is 0. The lowest BCUT2D eigenvalue weighted by atomic mass is 10.1. The van der Waals surface area contributed by atoms with E-state index in [2.05, 4.69) is 27.2 Å². The highest BCUT2D eigenvalue weighted by molar-refractivity contribution is 9.09. The normalized spacial score (nSPS) is 12.7. The van der Waals surface area contributed by atoms with E-state index in [1.807, 2.05) is 13.8 Å². The van der Waals surface area contributed by atoms with E-state index < -0.39 is 0 Å². The molecule has 0 spiro atoms. The van der Waals surface area contributed by atoms with Crippen LogP contribution in [-0.4, -0.2) is 10.8 Å². The largest absolute Gasteiger partial charge is 0.435 e. The number of hydrogen-bond acceptors (Lipinski definition) is 2. The molecule has 0 heterocycles. The molecule has 0 aromatic heterocycles. The van der Waals surface area contributed by atoms with Crippen LogP contribution in [0.1, 0.15) is 20.3 Å².